The fourth-order valence-electron chi connectivity index (χ4n) is 3.87. The van der Waals surface area contributed by atoms with Crippen molar-refractivity contribution in [2.45, 2.75) is 31.0 Å². The molecule has 34 heavy (non-hydrogen) atoms. The van der Waals surface area contributed by atoms with Crippen molar-refractivity contribution in [3.8, 4) is 5.75 Å². The summed E-state index contributed by atoms with van der Waals surface area (Å²) in [5.74, 6) is -0.129. The zero-order chi connectivity index (χ0) is 24.6. The van der Waals surface area contributed by atoms with Crippen molar-refractivity contribution in [2.75, 3.05) is 7.11 Å². The normalized spacial score (nSPS) is 14.7. The van der Waals surface area contributed by atoms with Crippen molar-refractivity contribution in [1.29, 1.82) is 0 Å². The lowest BCUT2D eigenvalue weighted by atomic mass is 9.78. The van der Waals surface area contributed by atoms with Crippen LogP contribution in [0.3, 0.4) is 0 Å². The number of hydrogen-bond donors (Lipinski definition) is 3. The van der Waals surface area contributed by atoms with Gasteiger partial charge in [0.2, 0.25) is 5.91 Å². The Kier molecular flexibility index (Phi) is 8.35. The molecule has 0 saturated heterocycles. The molecule has 176 valence electrons. The summed E-state index contributed by atoms with van der Waals surface area (Å²) in [4.78, 5) is 26.1. The Hall–Kier alpha value is -3.74. The van der Waals surface area contributed by atoms with Gasteiger partial charge in [-0.3, -0.25) is 9.59 Å². The van der Waals surface area contributed by atoms with Gasteiger partial charge in [-0.25, -0.2) is 0 Å². The van der Waals surface area contributed by atoms with Crippen molar-refractivity contribution in [3.05, 3.63) is 108 Å². The van der Waals surface area contributed by atoms with Gasteiger partial charge in [0.15, 0.2) is 5.78 Å². The van der Waals surface area contributed by atoms with Gasteiger partial charge in [-0.2, -0.15) is 0 Å². The largest absolute Gasteiger partial charge is 0.497 e. The number of aliphatic hydroxyl groups is 1. The molecule has 6 heteroatoms. The van der Waals surface area contributed by atoms with E-state index in [9.17, 15) is 14.7 Å². The maximum Gasteiger partial charge on any atom is 0.244 e. The number of nitrogens with one attached hydrogen (secondary N) is 1. The maximum absolute atomic E-state index is 13.2. The van der Waals surface area contributed by atoms with Crippen LogP contribution in [0.5, 0.6) is 5.75 Å². The number of nitrogens with two attached hydrogens (primary N) is 1. The first-order valence-corrected chi connectivity index (χ1v) is 11.1. The molecule has 3 atom stereocenters. The molecule has 0 heterocycles. The van der Waals surface area contributed by atoms with Gasteiger partial charge in [-0.15, -0.1) is 0 Å². The van der Waals surface area contributed by atoms with E-state index in [-0.39, 0.29) is 12.2 Å². The molecule has 1 amide bonds. The number of carbonyl (C=O) groups excluding carboxylic acids is 2. The summed E-state index contributed by atoms with van der Waals surface area (Å²) in [5, 5.41) is 14.5. The lowest BCUT2D eigenvalue weighted by Crippen LogP contribution is -2.61. The molecule has 0 bridgehead atoms. The molecular weight excluding hydrogens is 428 g/mol. The minimum absolute atomic E-state index is 0.236. The second-order valence-corrected chi connectivity index (χ2v) is 7.99. The van der Waals surface area contributed by atoms with Gasteiger partial charge in [-0.05, 0) is 35.8 Å². The first-order valence-electron chi connectivity index (χ1n) is 11.1. The SMILES string of the molecule is CCC(O)(c1ccccc1)C(NC(=O)C=Cc1ccc(OC)cc1)C(N)C(=O)c1ccccc1. The van der Waals surface area contributed by atoms with E-state index >= 15 is 0 Å². The summed E-state index contributed by atoms with van der Waals surface area (Å²) in [6.45, 7) is 1.79. The second kappa shape index (κ2) is 11.4. The molecular formula is C28H30N2O4. The number of hydrogen-bond acceptors (Lipinski definition) is 5. The molecule has 3 unspecified atom stereocenters. The molecule has 6 nitrogen and oxygen atoms in total. The van der Waals surface area contributed by atoms with Crippen molar-refractivity contribution >= 4 is 17.8 Å². The van der Waals surface area contributed by atoms with Crippen LogP contribution in [0.1, 0.15) is 34.8 Å². The van der Waals surface area contributed by atoms with E-state index < -0.39 is 23.6 Å². The lowest BCUT2D eigenvalue weighted by molar-refractivity contribution is -0.120. The van der Waals surface area contributed by atoms with Crippen LogP contribution in [0.2, 0.25) is 0 Å². The summed E-state index contributed by atoms with van der Waals surface area (Å²) in [6.07, 6.45) is 3.24. The van der Waals surface area contributed by atoms with Gasteiger partial charge < -0.3 is 20.9 Å². The third-order valence-corrected chi connectivity index (χ3v) is 5.89. The van der Waals surface area contributed by atoms with E-state index in [4.69, 9.17) is 10.5 Å². The standard InChI is InChI=1S/C28H30N2O4/c1-3-28(33,22-12-8-5-9-13-22)27(25(29)26(32)21-10-6-4-7-11-21)30-24(31)19-16-20-14-17-23(34-2)18-15-20/h4-19,25,27,33H,3,29H2,1-2H3,(H,30,31). The fourth-order valence-corrected chi connectivity index (χ4v) is 3.87. The molecule has 0 aliphatic carbocycles. The van der Waals surface area contributed by atoms with Crippen molar-refractivity contribution in [1.82, 2.24) is 5.32 Å². The third kappa shape index (κ3) is 5.78. The predicted molar refractivity (Wildman–Crippen MR) is 133 cm³/mol. The first-order chi connectivity index (χ1) is 16.4. The topological polar surface area (TPSA) is 102 Å². The van der Waals surface area contributed by atoms with Crippen molar-refractivity contribution < 1.29 is 19.4 Å². The molecule has 3 aromatic rings. The van der Waals surface area contributed by atoms with Crippen LogP contribution >= 0.6 is 0 Å². The molecule has 3 rings (SSSR count). The number of Topliss-reactive ketones (excluding diaryl/α,β-unsaturated/α-hetero) is 1. The predicted octanol–water partition coefficient (Wildman–Crippen LogP) is 3.70. The molecule has 0 aliphatic heterocycles. The molecule has 0 spiro atoms. The highest BCUT2D eigenvalue weighted by atomic mass is 16.5. The number of ether oxygens (including phenoxy) is 1. The Morgan fingerprint density at radius 1 is 1.00 bits per heavy atom. The fraction of sp³-hybridized carbons (Fsp3) is 0.214. The number of benzene rings is 3. The van der Waals surface area contributed by atoms with E-state index in [1.54, 1.807) is 86.8 Å². The van der Waals surface area contributed by atoms with E-state index in [1.165, 1.54) is 6.08 Å². The number of carbonyl (C=O) groups is 2. The monoisotopic (exact) mass is 458 g/mol. The van der Waals surface area contributed by atoms with E-state index in [0.29, 0.717) is 16.9 Å². The minimum Gasteiger partial charge on any atom is -0.497 e. The first kappa shape index (κ1) is 24.9. The highest BCUT2D eigenvalue weighted by Crippen LogP contribution is 2.31. The van der Waals surface area contributed by atoms with Gasteiger partial charge in [0.05, 0.1) is 19.2 Å². The smallest absolute Gasteiger partial charge is 0.244 e. The van der Waals surface area contributed by atoms with E-state index in [1.807, 2.05) is 18.2 Å². The highest BCUT2D eigenvalue weighted by molar-refractivity contribution is 6.01. The Morgan fingerprint density at radius 2 is 1.59 bits per heavy atom. The Balaban J connectivity index is 1.91. The maximum atomic E-state index is 13.2. The summed E-state index contributed by atoms with van der Waals surface area (Å²) < 4.78 is 5.15. The number of methoxy groups -OCH3 is 1. The number of rotatable bonds is 10. The molecule has 3 aromatic carbocycles. The Labute approximate surface area is 200 Å². The summed E-state index contributed by atoms with van der Waals surface area (Å²) in [7, 11) is 1.58. The number of amides is 1. The molecule has 4 N–H and O–H groups in total. The van der Waals surface area contributed by atoms with Crippen LogP contribution in [-0.2, 0) is 10.4 Å². The van der Waals surface area contributed by atoms with E-state index in [2.05, 4.69) is 5.32 Å². The van der Waals surface area contributed by atoms with Crippen LogP contribution in [-0.4, -0.2) is 36.0 Å². The second-order valence-electron chi connectivity index (χ2n) is 7.99. The molecule has 0 fully saturated rings. The zero-order valence-corrected chi connectivity index (χ0v) is 19.3. The van der Waals surface area contributed by atoms with Crippen LogP contribution < -0.4 is 15.8 Å². The Bertz CT molecular complexity index is 1110. The van der Waals surface area contributed by atoms with Gasteiger partial charge in [0.1, 0.15) is 11.4 Å². The minimum atomic E-state index is -1.56. The van der Waals surface area contributed by atoms with Crippen LogP contribution in [0.15, 0.2) is 91.0 Å². The summed E-state index contributed by atoms with van der Waals surface area (Å²) in [5.41, 5.74) is 6.63. The molecule has 0 radical (unpaired) electrons. The quantitative estimate of drug-likeness (QED) is 0.318. The van der Waals surface area contributed by atoms with Crippen LogP contribution in [0, 0.1) is 0 Å². The van der Waals surface area contributed by atoms with Crippen molar-refractivity contribution in [3.63, 3.8) is 0 Å². The van der Waals surface area contributed by atoms with Gasteiger partial charge in [0, 0.05) is 11.6 Å². The highest BCUT2D eigenvalue weighted by Gasteiger charge is 2.43. The van der Waals surface area contributed by atoms with Gasteiger partial charge >= 0.3 is 0 Å². The van der Waals surface area contributed by atoms with Crippen LogP contribution in [0.25, 0.3) is 6.08 Å². The Morgan fingerprint density at radius 3 is 2.15 bits per heavy atom. The molecule has 0 aliphatic rings. The van der Waals surface area contributed by atoms with Gasteiger partial charge in [-0.1, -0.05) is 79.7 Å². The van der Waals surface area contributed by atoms with Gasteiger partial charge in [0.25, 0.3) is 0 Å². The average molecular weight is 459 g/mol. The molecule has 0 aromatic heterocycles. The molecule has 0 saturated carbocycles. The van der Waals surface area contributed by atoms with Crippen molar-refractivity contribution in [2.24, 2.45) is 5.73 Å². The zero-order valence-electron chi connectivity index (χ0n) is 19.3. The summed E-state index contributed by atoms with van der Waals surface area (Å²) in [6, 6.07) is 22.5. The van der Waals surface area contributed by atoms with E-state index in [0.717, 1.165) is 5.56 Å². The average Bonchev–Trinajstić information content (AvgIpc) is 2.90. The lowest BCUT2D eigenvalue weighted by Gasteiger charge is -2.39. The third-order valence-electron chi connectivity index (χ3n) is 5.89. The number of ketones is 1. The summed E-state index contributed by atoms with van der Waals surface area (Å²) >= 11 is 0. The van der Waals surface area contributed by atoms with Crippen LogP contribution in [0.4, 0.5) is 0 Å².